The first kappa shape index (κ1) is 14.1. The number of allylic oxidation sites excluding steroid dienone is 1. The smallest absolute Gasteiger partial charge is 0.254 e. The molecule has 1 fully saturated rings. The van der Waals surface area contributed by atoms with E-state index >= 15 is 0 Å². The number of likely N-dealkylation sites (tertiary alicyclic amines) is 1. The molecule has 0 saturated carbocycles. The van der Waals surface area contributed by atoms with E-state index in [1.807, 2.05) is 0 Å². The molecule has 19 heavy (non-hydrogen) atoms. The quantitative estimate of drug-likeness (QED) is 0.443. The number of aliphatic hydroxyl groups is 1. The number of methoxy groups -OCH3 is 1. The molecule has 0 spiro atoms. The van der Waals surface area contributed by atoms with Crippen LogP contribution in [-0.2, 0) is 9.53 Å². The average Bonchev–Trinajstić information content (AvgIpc) is 2.89. The molecule has 1 N–H and O–H groups in total. The van der Waals surface area contributed by atoms with Gasteiger partial charge in [-0.25, -0.2) is 0 Å². The van der Waals surface area contributed by atoms with Gasteiger partial charge >= 0.3 is 0 Å². The third kappa shape index (κ3) is 2.83. The number of aliphatic hydroxyl groups excluding tert-OH is 1. The first-order chi connectivity index (χ1) is 9.19. The zero-order chi connectivity index (χ0) is 13.8. The van der Waals surface area contributed by atoms with Gasteiger partial charge in [0.2, 0.25) is 0 Å². The Hall–Kier alpha value is -1.31. The van der Waals surface area contributed by atoms with Crippen molar-refractivity contribution in [2.45, 2.75) is 50.4 Å². The summed E-state index contributed by atoms with van der Waals surface area (Å²) in [6.45, 7) is 0.496. The maximum Gasteiger partial charge on any atom is 0.254 e. The highest BCUT2D eigenvalue weighted by atomic mass is 16.5. The lowest BCUT2D eigenvalue weighted by atomic mass is 9.88. The first-order valence-corrected chi connectivity index (χ1v) is 6.81. The molecule has 1 amide bonds. The number of nitrogens with zero attached hydrogens (tertiary/aromatic N) is 1. The van der Waals surface area contributed by atoms with Gasteiger partial charge < -0.3 is 14.7 Å². The van der Waals surface area contributed by atoms with Crippen molar-refractivity contribution in [2.75, 3.05) is 13.7 Å². The minimum Gasteiger partial charge on any atom is -0.391 e. The average molecular weight is 263 g/mol. The van der Waals surface area contributed by atoms with E-state index in [4.69, 9.17) is 11.2 Å². The SMILES string of the molecule is C#CCCN1C(=O)[C@H](OC)[C@@H]1[C@H](O)CC1=CCCC1. The van der Waals surface area contributed by atoms with E-state index < -0.39 is 12.2 Å². The van der Waals surface area contributed by atoms with Crippen molar-refractivity contribution in [1.29, 1.82) is 0 Å². The predicted molar refractivity (Wildman–Crippen MR) is 72.3 cm³/mol. The van der Waals surface area contributed by atoms with Crippen molar-refractivity contribution >= 4 is 5.91 Å². The molecule has 0 aromatic rings. The molecule has 0 radical (unpaired) electrons. The van der Waals surface area contributed by atoms with E-state index in [0.717, 1.165) is 12.8 Å². The molecule has 0 unspecified atom stereocenters. The van der Waals surface area contributed by atoms with Crippen LogP contribution < -0.4 is 0 Å². The Morgan fingerprint density at radius 1 is 1.68 bits per heavy atom. The van der Waals surface area contributed by atoms with Crippen LogP contribution in [-0.4, -0.2) is 47.8 Å². The summed E-state index contributed by atoms with van der Waals surface area (Å²) in [4.78, 5) is 13.5. The number of hydrogen-bond acceptors (Lipinski definition) is 3. The number of amides is 1. The minimum absolute atomic E-state index is 0.0674. The highest BCUT2D eigenvalue weighted by Gasteiger charge is 2.50. The van der Waals surface area contributed by atoms with Crippen LogP contribution in [0.3, 0.4) is 0 Å². The maximum atomic E-state index is 11.9. The van der Waals surface area contributed by atoms with Gasteiger partial charge in [-0.2, -0.15) is 0 Å². The molecule has 3 atom stereocenters. The Kier molecular flexibility index (Phi) is 4.62. The van der Waals surface area contributed by atoms with Crippen molar-refractivity contribution in [3.63, 3.8) is 0 Å². The van der Waals surface area contributed by atoms with E-state index in [-0.39, 0.29) is 11.9 Å². The molecule has 2 aliphatic rings. The normalized spacial score (nSPS) is 27.7. The van der Waals surface area contributed by atoms with Gasteiger partial charge in [-0.1, -0.05) is 11.6 Å². The topological polar surface area (TPSA) is 49.8 Å². The monoisotopic (exact) mass is 263 g/mol. The van der Waals surface area contributed by atoms with Crippen molar-refractivity contribution in [1.82, 2.24) is 4.90 Å². The molecule has 1 heterocycles. The number of terminal acetylenes is 1. The fourth-order valence-electron chi connectivity index (χ4n) is 2.94. The molecular formula is C15H21NO3. The molecule has 4 heteroatoms. The Labute approximate surface area is 114 Å². The minimum atomic E-state index is -0.565. The van der Waals surface area contributed by atoms with Gasteiger partial charge in [0.05, 0.1) is 12.1 Å². The summed E-state index contributed by atoms with van der Waals surface area (Å²) < 4.78 is 5.18. The molecule has 1 saturated heterocycles. The zero-order valence-corrected chi connectivity index (χ0v) is 11.3. The molecule has 1 aliphatic carbocycles. The summed E-state index contributed by atoms with van der Waals surface area (Å²) >= 11 is 0. The first-order valence-electron chi connectivity index (χ1n) is 6.81. The Morgan fingerprint density at radius 2 is 2.47 bits per heavy atom. The number of ether oxygens (including phenoxy) is 1. The largest absolute Gasteiger partial charge is 0.391 e. The van der Waals surface area contributed by atoms with Crippen LogP contribution >= 0.6 is 0 Å². The Morgan fingerprint density at radius 3 is 3.05 bits per heavy atom. The fourth-order valence-corrected chi connectivity index (χ4v) is 2.94. The number of β-lactam (4-membered cyclic amide) rings is 1. The number of carbonyl (C=O) groups excluding carboxylic acids is 1. The van der Waals surface area contributed by atoms with E-state index in [0.29, 0.717) is 19.4 Å². The summed E-state index contributed by atoms with van der Waals surface area (Å²) in [5.74, 6) is 2.46. The molecule has 0 aromatic heterocycles. The third-order valence-corrected chi connectivity index (χ3v) is 3.95. The van der Waals surface area contributed by atoms with Crippen LogP contribution in [0.15, 0.2) is 11.6 Å². The van der Waals surface area contributed by atoms with Gasteiger partial charge in [-0.3, -0.25) is 4.79 Å². The highest BCUT2D eigenvalue weighted by Crippen LogP contribution is 2.30. The van der Waals surface area contributed by atoms with Crippen LogP contribution in [0.1, 0.15) is 32.1 Å². The lowest BCUT2D eigenvalue weighted by Gasteiger charge is -2.48. The number of rotatable bonds is 6. The lowest BCUT2D eigenvalue weighted by Crippen LogP contribution is -2.69. The number of carbonyl (C=O) groups is 1. The van der Waals surface area contributed by atoms with Crippen LogP contribution in [0.4, 0.5) is 0 Å². The van der Waals surface area contributed by atoms with Crippen LogP contribution in [0, 0.1) is 12.3 Å². The second-order valence-corrected chi connectivity index (χ2v) is 5.16. The van der Waals surface area contributed by atoms with E-state index in [9.17, 15) is 9.90 Å². The molecule has 2 rings (SSSR count). The van der Waals surface area contributed by atoms with Crippen molar-refractivity contribution in [2.24, 2.45) is 0 Å². The van der Waals surface area contributed by atoms with E-state index in [1.54, 1.807) is 4.90 Å². The summed E-state index contributed by atoms with van der Waals surface area (Å²) in [7, 11) is 1.51. The van der Waals surface area contributed by atoms with Crippen LogP contribution in [0.5, 0.6) is 0 Å². The third-order valence-electron chi connectivity index (χ3n) is 3.95. The second kappa shape index (κ2) is 6.23. The van der Waals surface area contributed by atoms with Crippen molar-refractivity contribution in [3.8, 4) is 12.3 Å². The van der Waals surface area contributed by atoms with Crippen LogP contribution in [0.25, 0.3) is 0 Å². The highest BCUT2D eigenvalue weighted by molar-refractivity contribution is 5.88. The van der Waals surface area contributed by atoms with Gasteiger partial charge in [0.1, 0.15) is 0 Å². The fraction of sp³-hybridized carbons (Fsp3) is 0.667. The van der Waals surface area contributed by atoms with Gasteiger partial charge in [0.15, 0.2) is 6.10 Å². The van der Waals surface area contributed by atoms with Crippen molar-refractivity contribution in [3.05, 3.63) is 11.6 Å². The molecular weight excluding hydrogens is 242 g/mol. The lowest BCUT2D eigenvalue weighted by molar-refractivity contribution is -0.180. The zero-order valence-electron chi connectivity index (χ0n) is 11.3. The standard InChI is InChI=1S/C15H21NO3/c1-3-4-9-16-13(14(19-2)15(16)18)12(17)10-11-7-5-6-8-11/h1,7,12-14,17H,4-6,8-10H2,2H3/t12-,13+,14-/m1/s1. The van der Waals surface area contributed by atoms with Gasteiger partial charge in [-0.05, 0) is 25.7 Å². The Bertz CT molecular complexity index is 410. The second-order valence-electron chi connectivity index (χ2n) is 5.16. The van der Waals surface area contributed by atoms with Gasteiger partial charge in [0.25, 0.3) is 5.91 Å². The summed E-state index contributed by atoms with van der Waals surface area (Å²) in [5, 5.41) is 10.4. The molecule has 0 aromatic carbocycles. The molecule has 0 bridgehead atoms. The maximum absolute atomic E-state index is 11.9. The van der Waals surface area contributed by atoms with Crippen LogP contribution in [0.2, 0.25) is 0 Å². The summed E-state index contributed by atoms with van der Waals surface area (Å²) in [6.07, 6.45) is 10.8. The molecule has 104 valence electrons. The molecule has 4 nitrogen and oxygen atoms in total. The van der Waals surface area contributed by atoms with E-state index in [1.165, 1.54) is 19.1 Å². The van der Waals surface area contributed by atoms with Crippen molar-refractivity contribution < 1.29 is 14.6 Å². The Balaban J connectivity index is 1.97. The summed E-state index contributed by atoms with van der Waals surface area (Å²) in [6, 6.07) is -0.257. The summed E-state index contributed by atoms with van der Waals surface area (Å²) in [5.41, 5.74) is 1.29. The number of hydrogen-bond donors (Lipinski definition) is 1. The predicted octanol–water partition coefficient (Wildman–Crippen LogP) is 1.10. The van der Waals surface area contributed by atoms with E-state index in [2.05, 4.69) is 12.0 Å². The molecule has 1 aliphatic heterocycles. The van der Waals surface area contributed by atoms with Gasteiger partial charge in [-0.15, -0.1) is 12.3 Å². The van der Waals surface area contributed by atoms with Gasteiger partial charge in [0, 0.05) is 20.1 Å².